The summed E-state index contributed by atoms with van der Waals surface area (Å²) in [6.07, 6.45) is 0.899. The van der Waals surface area contributed by atoms with Crippen molar-refractivity contribution in [2.24, 2.45) is 5.92 Å². The van der Waals surface area contributed by atoms with E-state index in [-0.39, 0.29) is 11.9 Å². The van der Waals surface area contributed by atoms with Crippen LogP contribution in [0.1, 0.15) is 31.4 Å². The zero-order valence-electron chi connectivity index (χ0n) is 11.9. The first-order chi connectivity index (χ1) is 9.31. The number of carbonyl (C=O) groups is 2. The summed E-state index contributed by atoms with van der Waals surface area (Å²) in [6, 6.07) is 5.33. The Labute approximate surface area is 124 Å². The summed E-state index contributed by atoms with van der Waals surface area (Å²) in [5.41, 5.74) is 2.00. The van der Waals surface area contributed by atoms with Crippen molar-refractivity contribution in [3.05, 3.63) is 34.3 Å². The van der Waals surface area contributed by atoms with Gasteiger partial charge in [0.25, 0.3) is 0 Å². The van der Waals surface area contributed by atoms with Crippen molar-refractivity contribution in [2.75, 3.05) is 0 Å². The van der Waals surface area contributed by atoms with Gasteiger partial charge in [0, 0.05) is 17.5 Å². The molecule has 0 saturated heterocycles. The van der Waals surface area contributed by atoms with Gasteiger partial charge >= 0.3 is 5.97 Å². The lowest BCUT2D eigenvalue weighted by atomic mass is 10.0. The molecule has 0 bridgehead atoms. The van der Waals surface area contributed by atoms with Gasteiger partial charge < -0.3 is 10.4 Å². The van der Waals surface area contributed by atoms with E-state index in [4.69, 9.17) is 16.7 Å². The first kappa shape index (κ1) is 16.5. The third-order valence-electron chi connectivity index (χ3n) is 3.41. The number of hydrogen-bond donors (Lipinski definition) is 2. The first-order valence-electron chi connectivity index (χ1n) is 6.58. The molecule has 0 aromatic heterocycles. The average molecular weight is 298 g/mol. The van der Waals surface area contributed by atoms with E-state index in [1.807, 2.05) is 25.1 Å². The topological polar surface area (TPSA) is 66.4 Å². The average Bonchev–Trinajstić information content (AvgIpc) is 2.39. The Morgan fingerprint density at radius 2 is 2.00 bits per heavy atom. The van der Waals surface area contributed by atoms with Crippen molar-refractivity contribution < 1.29 is 14.7 Å². The quantitative estimate of drug-likeness (QED) is 0.848. The number of aryl methyl sites for hydroxylation is 2. The van der Waals surface area contributed by atoms with Gasteiger partial charge in [0.1, 0.15) is 0 Å². The number of hydrogen-bond acceptors (Lipinski definition) is 2. The second-order valence-corrected chi connectivity index (χ2v) is 5.47. The second-order valence-electron chi connectivity index (χ2n) is 5.07. The highest BCUT2D eigenvalue weighted by Gasteiger charge is 2.20. The van der Waals surface area contributed by atoms with Crippen molar-refractivity contribution in [1.82, 2.24) is 5.32 Å². The molecule has 2 N–H and O–H groups in total. The van der Waals surface area contributed by atoms with Crippen LogP contribution in [-0.2, 0) is 16.0 Å². The van der Waals surface area contributed by atoms with E-state index < -0.39 is 11.9 Å². The smallest absolute Gasteiger partial charge is 0.308 e. The van der Waals surface area contributed by atoms with E-state index in [9.17, 15) is 9.59 Å². The summed E-state index contributed by atoms with van der Waals surface area (Å²) in [5.74, 6) is -1.67. The van der Waals surface area contributed by atoms with Crippen LogP contribution in [0.3, 0.4) is 0 Å². The van der Waals surface area contributed by atoms with Gasteiger partial charge in [0.15, 0.2) is 0 Å². The van der Waals surface area contributed by atoms with Gasteiger partial charge in [-0.1, -0.05) is 23.7 Å². The third kappa shape index (κ3) is 4.85. The van der Waals surface area contributed by atoms with Crippen molar-refractivity contribution in [3.63, 3.8) is 0 Å². The van der Waals surface area contributed by atoms with Crippen LogP contribution in [-0.4, -0.2) is 23.0 Å². The highest BCUT2D eigenvalue weighted by molar-refractivity contribution is 6.31. The molecular weight excluding hydrogens is 278 g/mol. The minimum Gasteiger partial charge on any atom is -0.481 e. The molecule has 0 aliphatic carbocycles. The molecular formula is C15H20ClNO3. The van der Waals surface area contributed by atoms with Gasteiger partial charge in [-0.15, -0.1) is 0 Å². The Bertz CT molecular complexity index is 502. The van der Waals surface area contributed by atoms with E-state index in [1.54, 1.807) is 13.8 Å². The van der Waals surface area contributed by atoms with Gasteiger partial charge in [-0.3, -0.25) is 9.59 Å². The summed E-state index contributed by atoms with van der Waals surface area (Å²) < 4.78 is 0. The van der Waals surface area contributed by atoms with Crippen molar-refractivity contribution in [1.29, 1.82) is 0 Å². The summed E-state index contributed by atoms with van der Waals surface area (Å²) >= 11 is 6.02. The van der Waals surface area contributed by atoms with Gasteiger partial charge in [-0.25, -0.2) is 0 Å². The van der Waals surface area contributed by atoms with E-state index in [1.165, 1.54) is 0 Å². The highest BCUT2D eigenvalue weighted by Crippen LogP contribution is 2.17. The van der Waals surface area contributed by atoms with Crippen LogP contribution < -0.4 is 5.32 Å². The Hall–Kier alpha value is -1.55. The van der Waals surface area contributed by atoms with Crippen LogP contribution in [0.25, 0.3) is 0 Å². The third-order valence-corrected chi connectivity index (χ3v) is 3.81. The molecule has 1 aromatic carbocycles. The molecule has 0 saturated carbocycles. The van der Waals surface area contributed by atoms with Crippen LogP contribution in [0.2, 0.25) is 5.02 Å². The molecule has 1 rings (SSSR count). The SMILES string of the molecule is Cc1ccc(CCC(=O)NC(C)C(C)C(=O)O)cc1Cl. The van der Waals surface area contributed by atoms with Gasteiger partial charge in [0.2, 0.25) is 5.91 Å². The zero-order chi connectivity index (χ0) is 15.3. The molecule has 0 aliphatic rings. The van der Waals surface area contributed by atoms with Crippen LogP contribution >= 0.6 is 11.6 Å². The Morgan fingerprint density at radius 3 is 2.55 bits per heavy atom. The van der Waals surface area contributed by atoms with Crippen molar-refractivity contribution in [2.45, 2.75) is 39.7 Å². The standard InChI is InChI=1S/C15H20ClNO3/c1-9-4-5-12(8-13(9)16)6-7-14(18)17-11(3)10(2)15(19)20/h4-5,8,10-11H,6-7H2,1-3H3,(H,17,18)(H,19,20). The molecule has 0 spiro atoms. The molecule has 2 unspecified atom stereocenters. The van der Waals surface area contributed by atoms with E-state index in [2.05, 4.69) is 5.32 Å². The van der Waals surface area contributed by atoms with Crippen molar-refractivity contribution in [3.8, 4) is 0 Å². The van der Waals surface area contributed by atoms with E-state index in [0.29, 0.717) is 17.9 Å². The van der Waals surface area contributed by atoms with E-state index in [0.717, 1.165) is 11.1 Å². The number of amides is 1. The zero-order valence-corrected chi connectivity index (χ0v) is 12.7. The van der Waals surface area contributed by atoms with Crippen molar-refractivity contribution >= 4 is 23.5 Å². The summed E-state index contributed by atoms with van der Waals surface area (Å²) in [7, 11) is 0. The van der Waals surface area contributed by atoms with Crippen LogP contribution in [0.5, 0.6) is 0 Å². The maximum Gasteiger partial charge on any atom is 0.308 e. The minimum atomic E-state index is -0.914. The van der Waals surface area contributed by atoms with Crippen LogP contribution in [0.4, 0.5) is 0 Å². The van der Waals surface area contributed by atoms with Gasteiger partial charge in [-0.05, 0) is 44.4 Å². The Balaban J connectivity index is 2.47. The first-order valence-corrected chi connectivity index (χ1v) is 6.96. The highest BCUT2D eigenvalue weighted by atomic mass is 35.5. The van der Waals surface area contributed by atoms with Crippen LogP contribution in [0.15, 0.2) is 18.2 Å². The molecule has 1 amide bonds. The molecule has 0 radical (unpaired) electrons. The maximum absolute atomic E-state index is 11.8. The number of nitrogens with one attached hydrogen (secondary N) is 1. The largest absolute Gasteiger partial charge is 0.481 e. The summed E-state index contributed by atoms with van der Waals surface area (Å²) in [6.45, 7) is 5.19. The molecule has 5 heteroatoms. The number of aliphatic carboxylic acids is 1. The number of rotatable bonds is 6. The number of carboxylic acid groups (broad SMARTS) is 1. The molecule has 4 nitrogen and oxygen atoms in total. The molecule has 110 valence electrons. The molecule has 1 aromatic rings. The molecule has 20 heavy (non-hydrogen) atoms. The molecule has 2 atom stereocenters. The fourth-order valence-corrected chi connectivity index (χ4v) is 1.92. The number of carboxylic acids is 1. The fourth-order valence-electron chi connectivity index (χ4n) is 1.71. The maximum atomic E-state index is 11.8. The Kier molecular flexibility index (Phi) is 6.02. The van der Waals surface area contributed by atoms with Crippen LogP contribution in [0, 0.1) is 12.8 Å². The second kappa shape index (κ2) is 7.29. The lowest BCUT2D eigenvalue weighted by Gasteiger charge is -2.17. The van der Waals surface area contributed by atoms with Gasteiger partial charge in [-0.2, -0.15) is 0 Å². The molecule has 0 heterocycles. The normalized spacial score (nSPS) is 13.6. The fraction of sp³-hybridized carbons (Fsp3) is 0.467. The number of halogens is 1. The van der Waals surface area contributed by atoms with Gasteiger partial charge in [0.05, 0.1) is 5.92 Å². The summed E-state index contributed by atoms with van der Waals surface area (Å²) in [5, 5.41) is 12.3. The predicted octanol–water partition coefficient (Wildman–Crippen LogP) is 2.81. The minimum absolute atomic E-state index is 0.151. The molecule has 0 fully saturated rings. The summed E-state index contributed by atoms with van der Waals surface area (Å²) in [4.78, 5) is 22.6. The lowest BCUT2D eigenvalue weighted by molar-refractivity contribution is -0.142. The molecule has 0 aliphatic heterocycles. The predicted molar refractivity (Wildman–Crippen MR) is 78.9 cm³/mol. The Morgan fingerprint density at radius 1 is 1.35 bits per heavy atom. The monoisotopic (exact) mass is 297 g/mol. The number of benzene rings is 1. The lowest BCUT2D eigenvalue weighted by Crippen LogP contribution is -2.40. The van der Waals surface area contributed by atoms with E-state index >= 15 is 0 Å². The number of carbonyl (C=O) groups excluding carboxylic acids is 1.